The number of rotatable bonds is 3. The smallest absolute Gasteiger partial charge is 0.0245 e. The number of aryl methyl sites for hydroxylation is 1. The Labute approximate surface area is 98.7 Å². The van der Waals surface area contributed by atoms with E-state index in [2.05, 4.69) is 55.5 Å². The topological polar surface area (TPSA) is 0 Å². The predicted octanol–water partition coefficient (Wildman–Crippen LogP) is 4.31. The molecule has 2 rings (SSSR count). The summed E-state index contributed by atoms with van der Waals surface area (Å²) < 4.78 is 0. The van der Waals surface area contributed by atoms with E-state index >= 15 is 0 Å². The zero-order valence-electron chi connectivity index (χ0n) is 10.0. The average Bonchev–Trinajstić information content (AvgIpc) is 2.34. The van der Waals surface area contributed by atoms with Gasteiger partial charge in [-0.1, -0.05) is 48.6 Å². The molecule has 1 unspecified atom stereocenters. The second-order valence-corrected chi connectivity index (χ2v) is 4.57. The third kappa shape index (κ3) is 2.85. The van der Waals surface area contributed by atoms with Crippen molar-refractivity contribution in [3.05, 3.63) is 59.7 Å². The summed E-state index contributed by atoms with van der Waals surface area (Å²) in [6, 6.07) is 8.89. The molecule has 1 aliphatic rings. The average molecular weight is 212 g/mol. The fourth-order valence-corrected chi connectivity index (χ4v) is 2.44. The maximum Gasteiger partial charge on any atom is -0.0245 e. The minimum Gasteiger partial charge on any atom is -0.0877 e. The standard InChI is InChI=1S/C16H20/c1-2-3-4-5-8-14-11-12-15-9-6-7-10-16(15)13-14/h2-7,9-10,14H,8,11-13H2,1H3. The van der Waals surface area contributed by atoms with Crippen LogP contribution in [0.2, 0.25) is 0 Å². The van der Waals surface area contributed by atoms with E-state index < -0.39 is 0 Å². The van der Waals surface area contributed by atoms with Crippen molar-refractivity contribution >= 4 is 0 Å². The Morgan fingerprint density at radius 3 is 2.81 bits per heavy atom. The highest BCUT2D eigenvalue weighted by atomic mass is 14.2. The van der Waals surface area contributed by atoms with Gasteiger partial charge >= 0.3 is 0 Å². The Morgan fingerprint density at radius 1 is 1.19 bits per heavy atom. The van der Waals surface area contributed by atoms with E-state index in [1.165, 1.54) is 25.7 Å². The number of fused-ring (bicyclic) bond motifs is 1. The van der Waals surface area contributed by atoms with Gasteiger partial charge in [0.25, 0.3) is 0 Å². The van der Waals surface area contributed by atoms with Crippen molar-refractivity contribution in [1.82, 2.24) is 0 Å². The number of benzene rings is 1. The van der Waals surface area contributed by atoms with Crippen LogP contribution in [0, 0.1) is 5.92 Å². The molecule has 0 aromatic heterocycles. The monoisotopic (exact) mass is 212 g/mol. The Morgan fingerprint density at radius 2 is 2.00 bits per heavy atom. The van der Waals surface area contributed by atoms with Crippen LogP contribution in [0.1, 0.15) is 30.9 Å². The van der Waals surface area contributed by atoms with E-state index in [-0.39, 0.29) is 0 Å². The van der Waals surface area contributed by atoms with Gasteiger partial charge in [-0.2, -0.15) is 0 Å². The number of hydrogen-bond acceptors (Lipinski definition) is 0. The maximum absolute atomic E-state index is 2.30. The first-order chi connectivity index (χ1) is 7.90. The van der Waals surface area contributed by atoms with Gasteiger partial charge in [0.1, 0.15) is 0 Å². The van der Waals surface area contributed by atoms with Crippen LogP contribution in [0.4, 0.5) is 0 Å². The molecule has 1 aromatic carbocycles. The first-order valence-electron chi connectivity index (χ1n) is 6.24. The molecule has 0 nitrogen and oxygen atoms in total. The fourth-order valence-electron chi connectivity index (χ4n) is 2.44. The van der Waals surface area contributed by atoms with Gasteiger partial charge in [-0.25, -0.2) is 0 Å². The van der Waals surface area contributed by atoms with Crippen molar-refractivity contribution < 1.29 is 0 Å². The second-order valence-electron chi connectivity index (χ2n) is 4.57. The summed E-state index contributed by atoms with van der Waals surface area (Å²) in [4.78, 5) is 0. The molecule has 0 radical (unpaired) electrons. The van der Waals surface area contributed by atoms with Crippen LogP contribution in [0.25, 0.3) is 0 Å². The molecule has 0 fully saturated rings. The fraction of sp³-hybridized carbons (Fsp3) is 0.375. The van der Waals surface area contributed by atoms with Crippen molar-refractivity contribution in [3.8, 4) is 0 Å². The molecule has 0 heterocycles. The number of hydrogen-bond donors (Lipinski definition) is 0. The summed E-state index contributed by atoms with van der Waals surface area (Å²) in [7, 11) is 0. The summed E-state index contributed by atoms with van der Waals surface area (Å²) in [5, 5.41) is 0. The quantitative estimate of drug-likeness (QED) is 0.655. The molecule has 84 valence electrons. The molecular formula is C16H20. The van der Waals surface area contributed by atoms with Gasteiger partial charge in [-0.15, -0.1) is 0 Å². The molecule has 0 bridgehead atoms. The Balaban J connectivity index is 1.93. The largest absolute Gasteiger partial charge is 0.0877 e. The SMILES string of the molecule is CC=CC=CCC1CCc2ccccc2C1. The number of allylic oxidation sites excluding steroid dienone is 4. The molecule has 16 heavy (non-hydrogen) atoms. The Hall–Kier alpha value is -1.30. The first-order valence-corrected chi connectivity index (χ1v) is 6.24. The summed E-state index contributed by atoms with van der Waals surface area (Å²) in [5.74, 6) is 0.844. The van der Waals surface area contributed by atoms with Gasteiger partial charge in [0, 0.05) is 0 Å². The Kier molecular flexibility index (Phi) is 3.98. The van der Waals surface area contributed by atoms with Crippen molar-refractivity contribution in [3.63, 3.8) is 0 Å². The van der Waals surface area contributed by atoms with Crippen LogP contribution < -0.4 is 0 Å². The van der Waals surface area contributed by atoms with Crippen LogP contribution in [0.5, 0.6) is 0 Å². The van der Waals surface area contributed by atoms with E-state index in [9.17, 15) is 0 Å². The molecule has 0 aliphatic heterocycles. The highest BCUT2D eigenvalue weighted by Crippen LogP contribution is 2.27. The second kappa shape index (κ2) is 5.69. The third-order valence-corrected chi connectivity index (χ3v) is 3.36. The van der Waals surface area contributed by atoms with Crippen molar-refractivity contribution in [2.75, 3.05) is 0 Å². The molecule has 0 N–H and O–H groups in total. The van der Waals surface area contributed by atoms with Crippen molar-refractivity contribution in [2.24, 2.45) is 5.92 Å². The predicted molar refractivity (Wildman–Crippen MR) is 70.5 cm³/mol. The van der Waals surface area contributed by atoms with Gasteiger partial charge in [0.15, 0.2) is 0 Å². The van der Waals surface area contributed by atoms with Gasteiger partial charge in [-0.05, 0) is 49.7 Å². The van der Waals surface area contributed by atoms with E-state index in [4.69, 9.17) is 0 Å². The molecule has 1 aromatic rings. The van der Waals surface area contributed by atoms with Gasteiger partial charge < -0.3 is 0 Å². The third-order valence-electron chi connectivity index (χ3n) is 3.36. The summed E-state index contributed by atoms with van der Waals surface area (Å²) >= 11 is 0. The van der Waals surface area contributed by atoms with Gasteiger partial charge in [0.05, 0.1) is 0 Å². The lowest BCUT2D eigenvalue weighted by atomic mass is 9.82. The van der Waals surface area contributed by atoms with Crippen LogP contribution in [0.15, 0.2) is 48.6 Å². The maximum atomic E-state index is 2.30. The van der Waals surface area contributed by atoms with Gasteiger partial charge in [-0.3, -0.25) is 0 Å². The molecule has 0 amide bonds. The van der Waals surface area contributed by atoms with E-state index in [0.29, 0.717) is 0 Å². The minimum absolute atomic E-state index is 0.844. The molecule has 1 atom stereocenters. The summed E-state index contributed by atoms with van der Waals surface area (Å²) in [5.41, 5.74) is 3.13. The molecule has 0 heteroatoms. The lowest BCUT2D eigenvalue weighted by Crippen LogP contribution is -2.13. The Bertz CT molecular complexity index is 385. The molecule has 0 saturated carbocycles. The summed E-state index contributed by atoms with van der Waals surface area (Å²) in [6.07, 6.45) is 13.7. The zero-order chi connectivity index (χ0) is 11.2. The normalized spacial score (nSPS) is 20.4. The van der Waals surface area contributed by atoms with Gasteiger partial charge in [0.2, 0.25) is 0 Å². The highest BCUT2D eigenvalue weighted by Gasteiger charge is 2.16. The van der Waals surface area contributed by atoms with E-state index in [1.807, 2.05) is 0 Å². The minimum atomic E-state index is 0.844. The molecular weight excluding hydrogens is 192 g/mol. The lowest BCUT2D eigenvalue weighted by Gasteiger charge is -2.23. The van der Waals surface area contributed by atoms with E-state index in [0.717, 1.165) is 5.92 Å². The van der Waals surface area contributed by atoms with Crippen LogP contribution in [-0.2, 0) is 12.8 Å². The van der Waals surface area contributed by atoms with Crippen molar-refractivity contribution in [1.29, 1.82) is 0 Å². The van der Waals surface area contributed by atoms with E-state index in [1.54, 1.807) is 11.1 Å². The van der Waals surface area contributed by atoms with Crippen molar-refractivity contribution in [2.45, 2.75) is 32.6 Å². The van der Waals surface area contributed by atoms with Crippen LogP contribution in [0.3, 0.4) is 0 Å². The molecule has 1 aliphatic carbocycles. The first kappa shape index (κ1) is 11.2. The van der Waals surface area contributed by atoms with Crippen LogP contribution >= 0.6 is 0 Å². The lowest BCUT2D eigenvalue weighted by molar-refractivity contribution is 0.464. The summed E-state index contributed by atoms with van der Waals surface area (Å²) in [6.45, 7) is 2.06. The zero-order valence-corrected chi connectivity index (χ0v) is 10.0. The highest BCUT2D eigenvalue weighted by molar-refractivity contribution is 5.29. The molecule has 0 spiro atoms. The molecule has 0 saturated heterocycles. The van der Waals surface area contributed by atoms with Crippen LogP contribution in [-0.4, -0.2) is 0 Å².